The largest absolute Gasteiger partial charge is 0.507 e. The van der Waals surface area contributed by atoms with Crippen molar-refractivity contribution in [2.75, 3.05) is 14.2 Å². The minimum absolute atomic E-state index is 0.0760. The van der Waals surface area contributed by atoms with Gasteiger partial charge in [-0.25, -0.2) is 0 Å². The van der Waals surface area contributed by atoms with Gasteiger partial charge >= 0.3 is 0 Å². The summed E-state index contributed by atoms with van der Waals surface area (Å²) in [5, 5.41) is 19.9. The average molecular weight is 279 g/mol. The van der Waals surface area contributed by atoms with Crippen LogP contribution in [0.2, 0.25) is 0 Å². The number of nitrogens with zero attached hydrogens (tertiary/aromatic N) is 1. The number of aliphatic hydroxyl groups is 1. The summed E-state index contributed by atoms with van der Waals surface area (Å²) in [7, 11) is 3.18. The molecule has 2 N–H and O–H groups in total. The zero-order valence-corrected chi connectivity index (χ0v) is 11.9. The van der Waals surface area contributed by atoms with Crippen LogP contribution in [0.4, 0.5) is 0 Å². The highest BCUT2D eigenvalue weighted by Crippen LogP contribution is 2.27. The van der Waals surface area contributed by atoms with Crippen LogP contribution in [0, 0.1) is 0 Å². The summed E-state index contributed by atoms with van der Waals surface area (Å²) in [5.74, 6) is 0.143. The fourth-order valence-corrected chi connectivity index (χ4v) is 2.70. The number of carbonyl (C=O) groups is 1. The Morgan fingerprint density at radius 1 is 1.35 bits per heavy atom. The Morgan fingerprint density at radius 2 is 2.05 bits per heavy atom. The maximum Gasteiger partial charge on any atom is 0.257 e. The third-order valence-electron chi connectivity index (χ3n) is 3.95. The normalized spacial score (nSPS) is 22.4. The molecule has 2 atom stereocenters. The molecule has 110 valence electrons. The molecule has 1 amide bonds. The van der Waals surface area contributed by atoms with E-state index < -0.39 is 6.10 Å². The number of likely N-dealkylation sites (N-methyl/N-ethyl adjacent to an activating group) is 1. The number of carbonyl (C=O) groups excluding carboxylic acids is 1. The van der Waals surface area contributed by atoms with Crippen LogP contribution in [0.15, 0.2) is 18.2 Å². The molecule has 0 aliphatic heterocycles. The van der Waals surface area contributed by atoms with Gasteiger partial charge in [0.1, 0.15) is 11.5 Å². The summed E-state index contributed by atoms with van der Waals surface area (Å²) < 4.78 is 5.08. The molecule has 5 heteroatoms. The van der Waals surface area contributed by atoms with Crippen LogP contribution in [0.5, 0.6) is 11.5 Å². The van der Waals surface area contributed by atoms with Crippen molar-refractivity contribution in [2.45, 2.75) is 37.8 Å². The molecule has 0 saturated heterocycles. The van der Waals surface area contributed by atoms with Gasteiger partial charge in [0.05, 0.1) is 24.8 Å². The van der Waals surface area contributed by atoms with Crippen molar-refractivity contribution in [3.63, 3.8) is 0 Å². The number of rotatable bonds is 3. The quantitative estimate of drug-likeness (QED) is 0.884. The van der Waals surface area contributed by atoms with Gasteiger partial charge in [-0.2, -0.15) is 0 Å². The molecule has 2 rings (SSSR count). The number of aliphatic hydroxyl groups excluding tert-OH is 1. The number of benzene rings is 1. The molecule has 1 saturated carbocycles. The highest BCUT2D eigenvalue weighted by atomic mass is 16.5. The van der Waals surface area contributed by atoms with Crippen LogP contribution in [-0.4, -0.2) is 47.3 Å². The maximum absolute atomic E-state index is 12.5. The molecule has 0 bridgehead atoms. The Hall–Kier alpha value is -1.75. The molecular formula is C15H21NO4. The molecule has 2 unspecified atom stereocenters. The molecule has 20 heavy (non-hydrogen) atoms. The molecule has 1 fully saturated rings. The van der Waals surface area contributed by atoms with Gasteiger partial charge in [-0.3, -0.25) is 4.79 Å². The first kappa shape index (κ1) is 14.7. The van der Waals surface area contributed by atoms with Crippen molar-refractivity contribution in [2.24, 2.45) is 0 Å². The number of hydrogen-bond acceptors (Lipinski definition) is 4. The van der Waals surface area contributed by atoms with E-state index in [1.807, 2.05) is 0 Å². The zero-order chi connectivity index (χ0) is 14.7. The molecule has 1 aromatic carbocycles. The van der Waals surface area contributed by atoms with Gasteiger partial charge in [-0.15, -0.1) is 0 Å². The molecule has 1 aromatic rings. The minimum Gasteiger partial charge on any atom is -0.507 e. The first-order valence-corrected chi connectivity index (χ1v) is 6.87. The molecular weight excluding hydrogens is 258 g/mol. The number of phenolic OH excluding ortho intramolecular Hbond substituents is 1. The summed E-state index contributed by atoms with van der Waals surface area (Å²) >= 11 is 0. The van der Waals surface area contributed by atoms with Crippen LogP contribution in [-0.2, 0) is 0 Å². The lowest BCUT2D eigenvalue weighted by molar-refractivity contribution is 0.0266. The van der Waals surface area contributed by atoms with E-state index in [4.69, 9.17) is 4.74 Å². The first-order chi connectivity index (χ1) is 9.54. The SMILES string of the molecule is COc1ccc(O)c(C(=O)N(C)C2CCCCC2O)c1. The highest BCUT2D eigenvalue weighted by Gasteiger charge is 2.30. The molecule has 0 radical (unpaired) electrons. The number of amides is 1. The standard InChI is InChI=1S/C15H21NO4/c1-16(12-5-3-4-6-14(12)18)15(19)11-9-10(20-2)7-8-13(11)17/h7-9,12,14,17-18H,3-6H2,1-2H3. The van der Waals surface area contributed by atoms with Crippen molar-refractivity contribution in [3.8, 4) is 11.5 Å². The average Bonchev–Trinajstić information content (AvgIpc) is 2.47. The monoisotopic (exact) mass is 279 g/mol. The number of phenols is 1. The van der Waals surface area contributed by atoms with Crippen LogP contribution in [0.25, 0.3) is 0 Å². The number of ether oxygens (including phenoxy) is 1. The number of aromatic hydroxyl groups is 1. The lowest BCUT2D eigenvalue weighted by Crippen LogP contribution is -2.46. The topological polar surface area (TPSA) is 70.0 Å². The van der Waals surface area contributed by atoms with Crippen LogP contribution >= 0.6 is 0 Å². The van der Waals surface area contributed by atoms with E-state index >= 15 is 0 Å². The van der Waals surface area contributed by atoms with Gasteiger partial charge in [-0.05, 0) is 31.0 Å². The van der Waals surface area contributed by atoms with Gasteiger partial charge in [0.25, 0.3) is 5.91 Å². The Balaban J connectivity index is 2.21. The predicted molar refractivity (Wildman–Crippen MR) is 75.0 cm³/mol. The van der Waals surface area contributed by atoms with Gasteiger partial charge in [-0.1, -0.05) is 12.8 Å². The Morgan fingerprint density at radius 3 is 2.70 bits per heavy atom. The second kappa shape index (κ2) is 6.13. The van der Waals surface area contributed by atoms with Crippen molar-refractivity contribution >= 4 is 5.91 Å². The van der Waals surface area contributed by atoms with Crippen molar-refractivity contribution < 1.29 is 19.7 Å². The molecule has 5 nitrogen and oxygen atoms in total. The summed E-state index contributed by atoms with van der Waals surface area (Å²) in [6.07, 6.45) is 3.00. The zero-order valence-electron chi connectivity index (χ0n) is 11.9. The van der Waals surface area contributed by atoms with Gasteiger partial charge < -0.3 is 19.8 Å². The van der Waals surface area contributed by atoms with E-state index in [1.54, 1.807) is 13.1 Å². The fraction of sp³-hybridized carbons (Fsp3) is 0.533. The smallest absolute Gasteiger partial charge is 0.257 e. The fourth-order valence-electron chi connectivity index (χ4n) is 2.70. The molecule has 1 aliphatic carbocycles. The van der Waals surface area contributed by atoms with E-state index in [-0.39, 0.29) is 23.3 Å². The Kier molecular flexibility index (Phi) is 4.49. The summed E-state index contributed by atoms with van der Waals surface area (Å²) in [6, 6.07) is 4.36. The van der Waals surface area contributed by atoms with E-state index in [0.29, 0.717) is 12.2 Å². The lowest BCUT2D eigenvalue weighted by atomic mass is 9.91. The molecule has 0 aromatic heterocycles. The third kappa shape index (κ3) is 2.88. The van der Waals surface area contributed by atoms with Gasteiger partial charge in [0, 0.05) is 7.05 Å². The highest BCUT2D eigenvalue weighted by molar-refractivity contribution is 5.97. The first-order valence-electron chi connectivity index (χ1n) is 6.87. The van der Waals surface area contributed by atoms with E-state index in [9.17, 15) is 15.0 Å². The van der Waals surface area contributed by atoms with Gasteiger partial charge in [0.2, 0.25) is 0 Å². The lowest BCUT2D eigenvalue weighted by Gasteiger charge is -2.35. The van der Waals surface area contributed by atoms with Crippen LogP contribution in [0.3, 0.4) is 0 Å². The van der Waals surface area contributed by atoms with Crippen molar-refractivity contribution in [3.05, 3.63) is 23.8 Å². The molecule has 1 aliphatic rings. The molecule has 0 spiro atoms. The summed E-state index contributed by atoms with van der Waals surface area (Å²) in [5.41, 5.74) is 0.199. The van der Waals surface area contributed by atoms with Crippen LogP contribution < -0.4 is 4.74 Å². The van der Waals surface area contributed by atoms with E-state index in [2.05, 4.69) is 0 Å². The minimum atomic E-state index is -0.495. The predicted octanol–water partition coefficient (Wildman–Crippen LogP) is 1.78. The van der Waals surface area contributed by atoms with E-state index in [0.717, 1.165) is 19.3 Å². The molecule has 0 heterocycles. The maximum atomic E-state index is 12.5. The summed E-state index contributed by atoms with van der Waals surface area (Å²) in [6.45, 7) is 0. The van der Waals surface area contributed by atoms with E-state index in [1.165, 1.54) is 24.1 Å². The van der Waals surface area contributed by atoms with Crippen molar-refractivity contribution in [1.29, 1.82) is 0 Å². The van der Waals surface area contributed by atoms with Crippen molar-refractivity contribution in [1.82, 2.24) is 4.90 Å². The Labute approximate surface area is 118 Å². The Bertz CT molecular complexity index is 489. The second-order valence-electron chi connectivity index (χ2n) is 5.22. The summed E-state index contributed by atoms with van der Waals surface area (Å²) in [4.78, 5) is 14.0. The number of methoxy groups -OCH3 is 1. The number of hydrogen-bond donors (Lipinski definition) is 2. The second-order valence-corrected chi connectivity index (χ2v) is 5.22. The van der Waals surface area contributed by atoms with Gasteiger partial charge in [0.15, 0.2) is 0 Å². The van der Waals surface area contributed by atoms with Crippen LogP contribution in [0.1, 0.15) is 36.0 Å². The third-order valence-corrected chi connectivity index (χ3v) is 3.95.